The van der Waals surface area contributed by atoms with Crippen LogP contribution < -0.4 is 9.47 Å². The molecule has 7 rings (SSSR count). The van der Waals surface area contributed by atoms with Gasteiger partial charge in [0.2, 0.25) is 0 Å². The maximum absolute atomic E-state index is 12.7. The highest BCUT2D eigenvalue weighted by atomic mass is 32.2. The lowest BCUT2D eigenvalue weighted by Gasteiger charge is -2.43. The van der Waals surface area contributed by atoms with Gasteiger partial charge in [-0.05, 0) is 29.2 Å². The Hall–Kier alpha value is -4.40. The van der Waals surface area contributed by atoms with Gasteiger partial charge in [-0.15, -0.1) is 0 Å². The molecular formula is C30H21NO8S2. The van der Waals surface area contributed by atoms with Crippen molar-refractivity contribution in [2.75, 3.05) is 20.8 Å². The van der Waals surface area contributed by atoms with Gasteiger partial charge >= 0.3 is 18.3 Å². The molecule has 0 saturated carbocycles. The van der Waals surface area contributed by atoms with E-state index in [0.717, 1.165) is 45.8 Å². The van der Waals surface area contributed by atoms with E-state index >= 15 is 0 Å². The topological polar surface area (TPSA) is 121 Å². The third-order valence-electron chi connectivity index (χ3n) is 7.10. The van der Waals surface area contributed by atoms with Crippen LogP contribution in [0.2, 0.25) is 0 Å². The molecule has 0 N–H and O–H groups in total. The van der Waals surface area contributed by atoms with Crippen molar-refractivity contribution in [2.24, 2.45) is 0 Å². The fraction of sp³-hybridized carbons (Fsp3) is 0.200. The predicted octanol–water partition coefficient (Wildman–Crippen LogP) is 6.46. The maximum Gasteiger partial charge on any atom is 0.513 e. The molecule has 0 spiro atoms. The molecule has 41 heavy (non-hydrogen) atoms. The Morgan fingerprint density at radius 2 is 1.20 bits per heavy atom. The number of thioether (sulfide) groups is 2. The summed E-state index contributed by atoms with van der Waals surface area (Å²) in [5.74, 6) is -1.09. The Kier molecular flexibility index (Phi) is 6.89. The van der Waals surface area contributed by atoms with Gasteiger partial charge in [-0.1, -0.05) is 72.1 Å². The van der Waals surface area contributed by atoms with E-state index in [1.807, 2.05) is 54.6 Å². The molecule has 11 heteroatoms. The average Bonchev–Trinajstić information content (AvgIpc) is 3.43. The number of carbonyl (C=O) groups excluding carboxylic acids is 3. The lowest BCUT2D eigenvalue weighted by atomic mass is 9.60. The van der Waals surface area contributed by atoms with Crippen molar-refractivity contribution in [1.29, 1.82) is 5.26 Å². The van der Waals surface area contributed by atoms with Gasteiger partial charge in [-0.2, -0.15) is 5.26 Å². The van der Waals surface area contributed by atoms with Crippen LogP contribution in [-0.2, 0) is 19.0 Å². The second-order valence-electron chi connectivity index (χ2n) is 9.08. The first-order chi connectivity index (χ1) is 19.9. The molecule has 9 nitrogen and oxygen atoms in total. The van der Waals surface area contributed by atoms with Crippen molar-refractivity contribution in [1.82, 2.24) is 0 Å². The zero-order valence-corrected chi connectivity index (χ0v) is 23.6. The largest absolute Gasteiger partial charge is 0.513 e. The van der Waals surface area contributed by atoms with Gasteiger partial charge in [0.15, 0.2) is 17.1 Å². The van der Waals surface area contributed by atoms with Gasteiger partial charge in [0.05, 0.1) is 34.9 Å². The number of benzene rings is 3. The first-order valence-electron chi connectivity index (χ1n) is 12.5. The van der Waals surface area contributed by atoms with Gasteiger partial charge in [0.1, 0.15) is 6.07 Å². The van der Waals surface area contributed by atoms with Gasteiger partial charge in [-0.3, -0.25) is 0 Å². The maximum atomic E-state index is 12.7. The van der Waals surface area contributed by atoms with E-state index in [2.05, 4.69) is 0 Å². The monoisotopic (exact) mass is 587 g/mol. The lowest BCUT2D eigenvalue weighted by Crippen LogP contribution is -2.30. The average molecular weight is 588 g/mol. The number of nitrogens with zero attached hydrogens (tertiary/aromatic N) is 1. The van der Waals surface area contributed by atoms with Crippen LogP contribution in [0.4, 0.5) is 9.59 Å². The number of carbonyl (C=O) groups is 3. The summed E-state index contributed by atoms with van der Waals surface area (Å²) in [6.45, 7) is 1.73. The third-order valence-corrected chi connectivity index (χ3v) is 9.70. The second kappa shape index (κ2) is 10.5. The first kappa shape index (κ1) is 26.8. The van der Waals surface area contributed by atoms with Crippen LogP contribution in [0.15, 0.2) is 68.1 Å². The fourth-order valence-electron chi connectivity index (χ4n) is 5.62. The molecule has 0 fully saturated rings. The van der Waals surface area contributed by atoms with Gasteiger partial charge in [0, 0.05) is 23.0 Å². The van der Waals surface area contributed by atoms with Crippen molar-refractivity contribution < 1.29 is 38.1 Å². The molecule has 2 bridgehead atoms. The fourth-order valence-corrected chi connectivity index (χ4v) is 8.23. The van der Waals surface area contributed by atoms with E-state index < -0.39 is 18.3 Å². The Morgan fingerprint density at radius 1 is 0.780 bits per heavy atom. The second-order valence-corrected chi connectivity index (χ2v) is 11.4. The Bertz CT molecular complexity index is 1570. The Morgan fingerprint density at radius 3 is 1.54 bits per heavy atom. The molecule has 1 aliphatic heterocycles. The van der Waals surface area contributed by atoms with Crippen molar-refractivity contribution in [3.05, 3.63) is 91.7 Å². The van der Waals surface area contributed by atoms with Crippen molar-refractivity contribution in [3.8, 4) is 17.6 Å². The van der Waals surface area contributed by atoms with Crippen LogP contribution in [0.1, 0.15) is 52.1 Å². The molecule has 0 radical (unpaired) electrons. The summed E-state index contributed by atoms with van der Waals surface area (Å²) in [6.07, 6.45) is -1.87. The number of esters is 1. The van der Waals surface area contributed by atoms with E-state index in [-0.39, 0.29) is 35.5 Å². The molecular weight excluding hydrogens is 566 g/mol. The van der Waals surface area contributed by atoms with Crippen molar-refractivity contribution in [3.63, 3.8) is 0 Å². The van der Waals surface area contributed by atoms with Gasteiger partial charge in [0.25, 0.3) is 0 Å². The van der Waals surface area contributed by atoms with Crippen LogP contribution in [0.5, 0.6) is 11.5 Å². The quantitative estimate of drug-likeness (QED) is 0.0757. The third kappa shape index (κ3) is 4.13. The number of hydrogen-bond donors (Lipinski definition) is 0. The molecule has 206 valence electrons. The number of hydrogen-bond acceptors (Lipinski definition) is 11. The zero-order chi connectivity index (χ0) is 28.8. The van der Waals surface area contributed by atoms with Crippen LogP contribution in [0.3, 0.4) is 0 Å². The molecule has 0 amide bonds. The van der Waals surface area contributed by atoms with E-state index in [9.17, 15) is 19.6 Å². The summed E-state index contributed by atoms with van der Waals surface area (Å²) in [5.41, 5.74) is 5.17. The van der Waals surface area contributed by atoms with E-state index in [4.69, 9.17) is 23.7 Å². The van der Waals surface area contributed by atoms with Crippen LogP contribution in [0, 0.1) is 11.3 Å². The summed E-state index contributed by atoms with van der Waals surface area (Å²) in [4.78, 5) is 38.7. The van der Waals surface area contributed by atoms with Gasteiger partial charge in [-0.25, -0.2) is 14.4 Å². The normalized spacial score (nSPS) is 16.8. The van der Waals surface area contributed by atoms with Crippen molar-refractivity contribution >= 4 is 41.8 Å². The van der Waals surface area contributed by atoms with Gasteiger partial charge < -0.3 is 23.7 Å². The highest BCUT2D eigenvalue weighted by Gasteiger charge is 2.49. The van der Waals surface area contributed by atoms with E-state index in [1.165, 1.54) is 14.2 Å². The molecule has 3 aliphatic carbocycles. The summed E-state index contributed by atoms with van der Waals surface area (Å²) in [5, 5.41) is 9.86. The highest BCUT2D eigenvalue weighted by molar-refractivity contribution is 8.24. The SMILES string of the molecule is CCOC(=O)C(C#N)=C1Sc2c(OC(=O)OC)c3c(c(OC(=O)OC)c2S1)C1c2ccccc2C3c2ccccc21. The van der Waals surface area contributed by atoms with E-state index in [1.54, 1.807) is 6.92 Å². The summed E-state index contributed by atoms with van der Waals surface area (Å²) in [7, 11) is 2.42. The summed E-state index contributed by atoms with van der Waals surface area (Å²) >= 11 is 2.14. The zero-order valence-electron chi connectivity index (χ0n) is 22.0. The van der Waals surface area contributed by atoms with Crippen LogP contribution >= 0.6 is 23.5 Å². The lowest BCUT2D eigenvalue weighted by molar-refractivity contribution is -0.138. The smallest absolute Gasteiger partial charge is 0.462 e. The molecule has 0 atom stereocenters. The first-order valence-corrected chi connectivity index (χ1v) is 14.2. The molecule has 0 aromatic heterocycles. The molecule has 4 aliphatic rings. The van der Waals surface area contributed by atoms with Crippen molar-refractivity contribution in [2.45, 2.75) is 28.6 Å². The number of fused-ring (bicyclic) bond motifs is 1. The molecule has 3 aromatic carbocycles. The number of methoxy groups -OCH3 is 2. The number of nitriles is 1. The minimum atomic E-state index is -0.937. The number of ether oxygens (including phenoxy) is 5. The van der Waals surface area contributed by atoms with Crippen LogP contribution in [0.25, 0.3) is 0 Å². The molecule has 1 heterocycles. The van der Waals surface area contributed by atoms with Crippen LogP contribution in [-0.4, -0.2) is 39.1 Å². The highest BCUT2D eigenvalue weighted by Crippen LogP contribution is 2.68. The minimum Gasteiger partial charge on any atom is -0.462 e. The minimum absolute atomic E-state index is 0.0845. The van der Waals surface area contributed by atoms with E-state index in [0.29, 0.717) is 25.2 Å². The molecule has 0 unspecified atom stereocenters. The molecule has 3 aromatic rings. The Labute approximate surface area is 243 Å². The predicted molar refractivity (Wildman–Crippen MR) is 148 cm³/mol. The molecule has 0 saturated heterocycles. The number of rotatable bonds is 4. The summed E-state index contributed by atoms with van der Waals surface area (Å²) in [6, 6.07) is 17.9. The Balaban J connectivity index is 1.70. The standard InChI is InChI=1S/C30H21NO8S2/c1-4-37-27(32)18(13-31)28-40-25-23(38-29(33)35-2)21-19-14-9-5-7-11-16(14)20(17-12-8-6-10-15(17)19)22(21)24(26(25)41-28)39-30(34)36-3/h5-12,19-20H,4H2,1-3H3. The summed E-state index contributed by atoms with van der Waals surface area (Å²) < 4.78 is 26.9.